The molecule has 2 aliphatic heterocycles. The van der Waals surface area contributed by atoms with Crippen molar-refractivity contribution in [3.05, 3.63) is 40.5 Å². The maximum absolute atomic E-state index is 13.2. The van der Waals surface area contributed by atoms with Gasteiger partial charge in [0, 0.05) is 39.8 Å². The lowest BCUT2D eigenvalue weighted by atomic mass is 9.91. The molecule has 0 saturated heterocycles. The number of amides is 2. The van der Waals surface area contributed by atoms with E-state index in [1.165, 1.54) is 46.5 Å². The van der Waals surface area contributed by atoms with Crippen molar-refractivity contribution in [1.82, 2.24) is 14.5 Å². The Kier molecular flexibility index (Phi) is 6.52. The Morgan fingerprint density at radius 3 is 2.54 bits per heavy atom. The van der Waals surface area contributed by atoms with Crippen molar-refractivity contribution >= 4 is 21.8 Å². The van der Waals surface area contributed by atoms with Crippen molar-refractivity contribution in [2.75, 3.05) is 48.7 Å². The largest absolute Gasteiger partial charge is 0.496 e. The number of carbonyl (C=O) groups is 2. The minimum atomic E-state index is -3.76. The molecule has 2 heterocycles. The summed E-state index contributed by atoms with van der Waals surface area (Å²) < 4.78 is 48.3. The minimum absolute atomic E-state index is 0.0155. The van der Waals surface area contributed by atoms with E-state index >= 15 is 0 Å². The molecular formula is C23H27N3O8S. The molecule has 1 N–H and O–H groups in total. The first kappa shape index (κ1) is 24.6. The molecule has 0 bridgehead atoms. The summed E-state index contributed by atoms with van der Waals surface area (Å²) in [4.78, 5) is 27.7. The maximum atomic E-state index is 13.2. The Balaban J connectivity index is 1.72. The van der Waals surface area contributed by atoms with Crippen LogP contribution in [0.15, 0.2) is 23.1 Å². The summed E-state index contributed by atoms with van der Waals surface area (Å²) in [5, 5.41) is 2.81. The third-order valence-corrected chi connectivity index (χ3v) is 7.88. The predicted molar refractivity (Wildman–Crippen MR) is 125 cm³/mol. The molecule has 0 aliphatic carbocycles. The van der Waals surface area contributed by atoms with E-state index in [1.807, 2.05) is 0 Å². The van der Waals surface area contributed by atoms with Crippen LogP contribution in [-0.4, -0.2) is 78.1 Å². The monoisotopic (exact) mass is 505 g/mol. The number of benzene rings is 2. The Morgan fingerprint density at radius 1 is 1.17 bits per heavy atom. The van der Waals surface area contributed by atoms with Crippen LogP contribution >= 0.6 is 0 Å². The van der Waals surface area contributed by atoms with Crippen LogP contribution in [0.2, 0.25) is 0 Å². The number of rotatable bonds is 7. The lowest BCUT2D eigenvalue weighted by Crippen LogP contribution is -2.36. The van der Waals surface area contributed by atoms with Gasteiger partial charge in [0.15, 0.2) is 11.5 Å². The number of nitrogens with one attached hydrogen (secondary N) is 1. The van der Waals surface area contributed by atoms with Gasteiger partial charge in [-0.1, -0.05) is 0 Å². The molecule has 188 valence electrons. The number of nitrogens with zero attached hydrogens (tertiary/aromatic N) is 2. The number of carbonyl (C=O) groups excluding carboxylic acids is 2. The van der Waals surface area contributed by atoms with Gasteiger partial charge in [-0.15, -0.1) is 0 Å². The highest BCUT2D eigenvalue weighted by atomic mass is 32.2. The molecule has 0 spiro atoms. The highest BCUT2D eigenvalue weighted by Gasteiger charge is 2.36. The second kappa shape index (κ2) is 9.27. The fourth-order valence-corrected chi connectivity index (χ4v) is 5.09. The van der Waals surface area contributed by atoms with Crippen LogP contribution in [-0.2, 0) is 23.0 Å². The van der Waals surface area contributed by atoms with Gasteiger partial charge in [-0.3, -0.25) is 9.59 Å². The van der Waals surface area contributed by atoms with E-state index in [-0.39, 0.29) is 35.5 Å². The summed E-state index contributed by atoms with van der Waals surface area (Å²) in [5.74, 6) is 0.498. The zero-order valence-electron chi connectivity index (χ0n) is 20.1. The lowest BCUT2D eigenvalue weighted by Gasteiger charge is -2.29. The predicted octanol–water partition coefficient (Wildman–Crippen LogP) is 1.24. The topological polar surface area (TPSA) is 124 Å². The van der Waals surface area contributed by atoms with Crippen molar-refractivity contribution in [3.8, 4) is 23.0 Å². The van der Waals surface area contributed by atoms with Crippen molar-refractivity contribution in [1.29, 1.82) is 0 Å². The first-order chi connectivity index (χ1) is 16.6. The van der Waals surface area contributed by atoms with E-state index in [1.54, 1.807) is 11.9 Å². The molecule has 4 rings (SSSR count). The van der Waals surface area contributed by atoms with Crippen molar-refractivity contribution in [3.63, 3.8) is 0 Å². The minimum Gasteiger partial charge on any atom is -0.496 e. The molecular weight excluding hydrogens is 478 g/mol. The van der Waals surface area contributed by atoms with Crippen LogP contribution in [0, 0.1) is 0 Å². The van der Waals surface area contributed by atoms with Gasteiger partial charge in [0.1, 0.15) is 5.75 Å². The molecule has 0 saturated carbocycles. The fraction of sp³-hybridized carbons (Fsp3) is 0.391. The highest BCUT2D eigenvalue weighted by molar-refractivity contribution is 7.89. The summed E-state index contributed by atoms with van der Waals surface area (Å²) in [5.41, 5.74) is 1.76. The van der Waals surface area contributed by atoms with Gasteiger partial charge in [0.05, 0.1) is 30.2 Å². The quantitative estimate of drug-likeness (QED) is 0.596. The Labute approximate surface area is 203 Å². The van der Waals surface area contributed by atoms with E-state index in [0.29, 0.717) is 46.9 Å². The molecule has 0 unspecified atom stereocenters. The van der Waals surface area contributed by atoms with Crippen LogP contribution in [0.4, 0.5) is 0 Å². The second-order valence-electron chi connectivity index (χ2n) is 8.24. The Morgan fingerprint density at radius 2 is 1.89 bits per heavy atom. The third kappa shape index (κ3) is 4.12. The molecule has 0 atom stereocenters. The molecule has 11 nitrogen and oxygen atoms in total. The van der Waals surface area contributed by atoms with Crippen LogP contribution in [0.1, 0.15) is 31.8 Å². The second-order valence-corrected chi connectivity index (χ2v) is 10.4. The van der Waals surface area contributed by atoms with Gasteiger partial charge in [-0.2, -0.15) is 0 Å². The van der Waals surface area contributed by atoms with Crippen molar-refractivity contribution in [2.45, 2.75) is 17.9 Å². The zero-order valence-corrected chi connectivity index (χ0v) is 20.9. The molecule has 0 radical (unpaired) electrons. The Hall–Kier alpha value is -3.51. The lowest BCUT2D eigenvalue weighted by molar-refractivity contribution is 0.0775. The number of likely N-dealkylation sites (N-methyl/N-ethyl adjacent to an activating group) is 1. The van der Waals surface area contributed by atoms with E-state index < -0.39 is 15.9 Å². The van der Waals surface area contributed by atoms with Crippen molar-refractivity contribution in [2.24, 2.45) is 0 Å². The van der Waals surface area contributed by atoms with Gasteiger partial charge in [0.2, 0.25) is 22.6 Å². The summed E-state index contributed by atoms with van der Waals surface area (Å²) in [6.07, 6.45) is 0.537. The van der Waals surface area contributed by atoms with Gasteiger partial charge >= 0.3 is 0 Å². The number of fused-ring (bicyclic) bond motifs is 2. The van der Waals surface area contributed by atoms with Crippen LogP contribution in [0.5, 0.6) is 23.0 Å². The molecule has 2 amide bonds. The van der Waals surface area contributed by atoms with Crippen LogP contribution in [0.25, 0.3) is 0 Å². The number of methoxy groups -OCH3 is 2. The number of sulfonamides is 1. The summed E-state index contributed by atoms with van der Waals surface area (Å²) in [6, 6.07) is 4.09. The average Bonchev–Trinajstić information content (AvgIpc) is 3.33. The molecule has 35 heavy (non-hydrogen) atoms. The zero-order chi connectivity index (χ0) is 25.5. The average molecular weight is 506 g/mol. The molecule has 2 aliphatic rings. The van der Waals surface area contributed by atoms with Gasteiger partial charge in [-0.25, -0.2) is 12.7 Å². The molecule has 2 aromatic carbocycles. The standard InChI is InChI=1S/C23H27N3O8S/c1-25(2)35(29,30)13-6-7-17(31-4)15(10-13)22(27)24-11-16-14-8-9-26(3)23(28)18(14)20(32-5)21-19(16)33-12-34-21/h6-7,10H,8-9,11-12H2,1-5H3,(H,24,27). The highest BCUT2D eigenvalue weighted by Crippen LogP contribution is 2.49. The summed E-state index contributed by atoms with van der Waals surface area (Å²) in [7, 11) is 3.62. The van der Waals surface area contributed by atoms with E-state index in [2.05, 4.69) is 5.32 Å². The van der Waals surface area contributed by atoms with Crippen LogP contribution in [0.3, 0.4) is 0 Å². The molecule has 12 heteroatoms. The van der Waals surface area contributed by atoms with Crippen LogP contribution < -0.4 is 24.3 Å². The summed E-state index contributed by atoms with van der Waals surface area (Å²) in [6.45, 7) is 0.466. The van der Waals surface area contributed by atoms with Gasteiger partial charge < -0.3 is 29.2 Å². The smallest absolute Gasteiger partial charge is 0.257 e. The maximum Gasteiger partial charge on any atom is 0.257 e. The molecule has 2 aromatic rings. The fourth-order valence-electron chi connectivity index (χ4n) is 4.17. The number of hydrogen-bond donors (Lipinski definition) is 1. The van der Waals surface area contributed by atoms with Crippen molar-refractivity contribution < 1.29 is 37.0 Å². The number of ether oxygens (including phenoxy) is 4. The third-order valence-electron chi connectivity index (χ3n) is 6.07. The number of hydrogen-bond acceptors (Lipinski definition) is 8. The normalized spacial score (nSPS) is 14.7. The summed E-state index contributed by atoms with van der Waals surface area (Å²) >= 11 is 0. The first-order valence-electron chi connectivity index (χ1n) is 10.8. The van der Waals surface area contributed by atoms with Gasteiger partial charge in [0.25, 0.3) is 11.8 Å². The van der Waals surface area contributed by atoms with E-state index in [4.69, 9.17) is 18.9 Å². The molecule has 0 aromatic heterocycles. The van der Waals surface area contributed by atoms with Gasteiger partial charge in [-0.05, 0) is 30.2 Å². The molecule has 0 fully saturated rings. The first-order valence-corrected chi connectivity index (χ1v) is 12.2. The SMILES string of the molecule is COc1ccc(S(=O)(=O)N(C)C)cc1C(=O)NCc1c2c(c(OC)c3c1OCO3)C(=O)N(C)CC2. The Bertz CT molecular complexity index is 1310. The van der Waals surface area contributed by atoms with E-state index in [9.17, 15) is 18.0 Å². The van der Waals surface area contributed by atoms with E-state index in [0.717, 1.165) is 4.31 Å².